The smallest absolute Gasteiger partial charge is 0.261 e. The van der Waals surface area contributed by atoms with E-state index in [0.717, 1.165) is 32.1 Å². The van der Waals surface area contributed by atoms with E-state index in [4.69, 9.17) is 4.74 Å². The Bertz CT molecular complexity index is 1200. The van der Waals surface area contributed by atoms with Gasteiger partial charge in [-0.05, 0) is 55.7 Å². The summed E-state index contributed by atoms with van der Waals surface area (Å²) in [5.74, 6) is -1.08. The second-order valence-corrected chi connectivity index (χ2v) is 9.37. The largest absolute Gasteiger partial charge is 0.378 e. The maximum Gasteiger partial charge on any atom is 0.261 e. The van der Waals surface area contributed by atoms with Crippen LogP contribution in [0.2, 0.25) is 0 Å². The lowest BCUT2D eigenvalue weighted by atomic mass is 9.94. The Morgan fingerprint density at radius 3 is 2.40 bits per heavy atom. The average Bonchev–Trinajstić information content (AvgIpc) is 3.15. The molecule has 0 radical (unpaired) electrons. The van der Waals surface area contributed by atoms with Gasteiger partial charge in [0.05, 0.1) is 24.3 Å². The third-order valence-electron chi connectivity index (χ3n) is 7.23. The van der Waals surface area contributed by atoms with E-state index in [9.17, 15) is 19.2 Å². The molecule has 2 fully saturated rings. The zero-order chi connectivity index (χ0) is 24.5. The Balaban J connectivity index is 1.35. The second-order valence-electron chi connectivity index (χ2n) is 9.37. The van der Waals surface area contributed by atoms with Gasteiger partial charge in [-0.3, -0.25) is 24.1 Å². The van der Waals surface area contributed by atoms with Gasteiger partial charge in [-0.2, -0.15) is 0 Å². The van der Waals surface area contributed by atoms with Gasteiger partial charge in [0.2, 0.25) is 0 Å². The molecule has 2 aliphatic heterocycles. The number of anilines is 1. The molecule has 1 aliphatic carbocycles. The monoisotopic (exact) mass is 475 g/mol. The summed E-state index contributed by atoms with van der Waals surface area (Å²) < 4.78 is 5.33. The molecule has 0 aromatic heterocycles. The number of imide groups is 1. The van der Waals surface area contributed by atoms with Crippen molar-refractivity contribution in [1.29, 1.82) is 0 Å². The van der Waals surface area contributed by atoms with Crippen LogP contribution in [-0.2, 0) is 4.74 Å². The van der Waals surface area contributed by atoms with Crippen LogP contribution in [0.15, 0.2) is 36.4 Å². The van der Waals surface area contributed by atoms with Crippen molar-refractivity contribution < 1.29 is 23.9 Å². The molecule has 8 heteroatoms. The molecule has 1 saturated carbocycles. The molecule has 1 N–H and O–H groups in total. The van der Waals surface area contributed by atoms with Crippen LogP contribution in [0.4, 0.5) is 5.69 Å². The van der Waals surface area contributed by atoms with Crippen LogP contribution >= 0.6 is 0 Å². The van der Waals surface area contributed by atoms with Gasteiger partial charge >= 0.3 is 0 Å². The van der Waals surface area contributed by atoms with Crippen molar-refractivity contribution in [3.63, 3.8) is 0 Å². The molecule has 35 heavy (non-hydrogen) atoms. The van der Waals surface area contributed by atoms with Crippen molar-refractivity contribution >= 4 is 29.3 Å². The summed E-state index contributed by atoms with van der Waals surface area (Å²) in [6, 6.07) is 9.82. The SMILES string of the molecule is Cc1c(NC(=O)c2ccc3c(c2)C(=O)N(C2CCCCC2)C3=O)cccc1C(=O)N1CCOCC1. The third-order valence-corrected chi connectivity index (χ3v) is 7.23. The molecular formula is C27H29N3O5. The highest BCUT2D eigenvalue weighted by molar-refractivity contribution is 6.22. The molecular weight excluding hydrogens is 446 g/mol. The summed E-state index contributed by atoms with van der Waals surface area (Å²) in [6.07, 6.45) is 4.81. The average molecular weight is 476 g/mol. The Kier molecular flexibility index (Phi) is 6.38. The van der Waals surface area contributed by atoms with Gasteiger partial charge in [0, 0.05) is 35.9 Å². The molecule has 5 rings (SSSR count). The van der Waals surface area contributed by atoms with E-state index in [1.807, 2.05) is 0 Å². The zero-order valence-electron chi connectivity index (χ0n) is 19.8. The number of rotatable bonds is 4. The summed E-state index contributed by atoms with van der Waals surface area (Å²) in [5, 5.41) is 2.87. The van der Waals surface area contributed by atoms with Crippen molar-refractivity contribution in [2.75, 3.05) is 31.6 Å². The van der Waals surface area contributed by atoms with E-state index < -0.39 is 5.91 Å². The van der Waals surface area contributed by atoms with E-state index in [-0.39, 0.29) is 29.3 Å². The number of hydrogen-bond donors (Lipinski definition) is 1. The predicted molar refractivity (Wildman–Crippen MR) is 130 cm³/mol. The van der Waals surface area contributed by atoms with Gasteiger partial charge in [0.25, 0.3) is 23.6 Å². The van der Waals surface area contributed by atoms with E-state index in [0.29, 0.717) is 54.2 Å². The fraction of sp³-hybridized carbons (Fsp3) is 0.407. The number of hydrogen-bond acceptors (Lipinski definition) is 5. The Morgan fingerprint density at radius 2 is 1.66 bits per heavy atom. The Morgan fingerprint density at radius 1 is 0.943 bits per heavy atom. The lowest BCUT2D eigenvalue weighted by Gasteiger charge is -2.29. The lowest BCUT2D eigenvalue weighted by molar-refractivity contribution is 0.0302. The Labute approximate surface area is 204 Å². The van der Waals surface area contributed by atoms with Crippen LogP contribution in [-0.4, -0.2) is 65.8 Å². The molecule has 0 atom stereocenters. The maximum absolute atomic E-state index is 13.1. The molecule has 2 heterocycles. The first-order valence-corrected chi connectivity index (χ1v) is 12.3. The van der Waals surface area contributed by atoms with Crippen molar-refractivity contribution in [1.82, 2.24) is 9.80 Å². The first-order valence-electron chi connectivity index (χ1n) is 12.3. The predicted octanol–water partition coefficient (Wildman–Crippen LogP) is 3.65. The van der Waals surface area contributed by atoms with Crippen LogP contribution in [0.3, 0.4) is 0 Å². The number of fused-ring (bicyclic) bond motifs is 1. The molecule has 0 bridgehead atoms. The highest BCUT2D eigenvalue weighted by atomic mass is 16.5. The number of nitrogens with zero attached hydrogens (tertiary/aromatic N) is 2. The van der Waals surface area contributed by atoms with Gasteiger partial charge < -0.3 is 15.0 Å². The van der Waals surface area contributed by atoms with E-state index in [1.54, 1.807) is 42.2 Å². The minimum absolute atomic E-state index is 0.0668. The highest BCUT2D eigenvalue weighted by Gasteiger charge is 2.40. The van der Waals surface area contributed by atoms with E-state index in [1.165, 1.54) is 11.0 Å². The van der Waals surface area contributed by atoms with Crippen molar-refractivity contribution in [2.24, 2.45) is 0 Å². The quantitative estimate of drug-likeness (QED) is 0.681. The molecule has 0 spiro atoms. The fourth-order valence-corrected chi connectivity index (χ4v) is 5.21. The van der Waals surface area contributed by atoms with Crippen LogP contribution in [0.25, 0.3) is 0 Å². The molecule has 4 amide bonds. The molecule has 3 aliphatic rings. The normalized spacial score (nSPS) is 18.5. The summed E-state index contributed by atoms with van der Waals surface area (Å²) in [6.45, 7) is 3.90. The topological polar surface area (TPSA) is 96.0 Å². The third kappa shape index (κ3) is 4.34. The minimum Gasteiger partial charge on any atom is -0.378 e. The zero-order valence-corrected chi connectivity index (χ0v) is 19.8. The van der Waals surface area contributed by atoms with E-state index in [2.05, 4.69) is 5.32 Å². The summed E-state index contributed by atoms with van der Waals surface area (Å²) in [7, 11) is 0. The number of morpholine rings is 1. The Hall–Kier alpha value is -3.52. The molecule has 2 aromatic rings. The number of carbonyl (C=O) groups excluding carboxylic acids is 4. The number of carbonyl (C=O) groups is 4. The minimum atomic E-state index is -0.400. The van der Waals surface area contributed by atoms with Crippen LogP contribution in [0, 0.1) is 6.92 Å². The summed E-state index contributed by atoms with van der Waals surface area (Å²) >= 11 is 0. The van der Waals surface area contributed by atoms with Crippen LogP contribution in [0.5, 0.6) is 0 Å². The molecule has 2 aromatic carbocycles. The lowest BCUT2D eigenvalue weighted by Crippen LogP contribution is -2.41. The van der Waals surface area contributed by atoms with Gasteiger partial charge in [-0.15, -0.1) is 0 Å². The number of benzene rings is 2. The molecule has 1 saturated heterocycles. The van der Waals surface area contributed by atoms with Crippen molar-refractivity contribution in [2.45, 2.75) is 45.1 Å². The first kappa shape index (κ1) is 23.2. The van der Waals surface area contributed by atoms with E-state index >= 15 is 0 Å². The number of amides is 4. The number of ether oxygens (including phenoxy) is 1. The molecule has 182 valence electrons. The first-order chi connectivity index (χ1) is 17.0. The van der Waals surface area contributed by atoms with Crippen LogP contribution in [0.1, 0.15) is 79.1 Å². The van der Waals surface area contributed by atoms with Crippen LogP contribution < -0.4 is 5.32 Å². The van der Waals surface area contributed by atoms with Gasteiger partial charge in [0.15, 0.2) is 0 Å². The maximum atomic E-state index is 13.1. The van der Waals surface area contributed by atoms with Gasteiger partial charge in [-0.1, -0.05) is 25.3 Å². The van der Waals surface area contributed by atoms with Crippen molar-refractivity contribution in [3.05, 3.63) is 64.2 Å². The highest BCUT2D eigenvalue weighted by Crippen LogP contribution is 2.32. The second kappa shape index (κ2) is 9.62. The van der Waals surface area contributed by atoms with Gasteiger partial charge in [0.1, 0.15) is 0 Å². The summed E-state index contributed by atoms with van der Waals surface area (Å²) in [5.41, 5.74) is 2.66. The number of nitrogens with one attached hydrogen (secondary N) is 1. The van der Waals surface area contributed by atoms with Gasteiger partial charge in [-0.25, -0.2) is 0 Å². The summed E-state index contributed by atoms with van der Waals surface area (Å²) in [4.78, 5) is 55.2. The molecule has 8 nitrogen and oxygen atoms in total. The standard InChI is InChI=1S/C27H29N3O5/c1-17-20(25(32)29-12-14-35-15-13-29)8-5-9-23(17)28-24(31)18-10-11-21-22(16-18)27(34)30(26(21)33)19-6-3-2-4-7-19/h5,8-11,16,19H,2-4,6-7,12-15H2,1H3,(H,28,31). The fourth-order valence-electron chi connectivity index (χ4n) is 5.21. The molecule has 0 unspecified atom stereocenters. The van der Waals surface area contributed by atoms with Crippen molar-refractivity contribution in [3.8, 4) is 0 Å².